The Bertz CT molecular complexity index is 810. The van der Waals surface area contributed by atoms with Gasteiger partial charge in [-0.3, -0.25) is 9.78 Å². The van der Waals surface area contributed by atoms with Crippen molar-refractivity contribution in [3.8, 4) is 16.9 Å². The SMILES string of the molecule is O=C(O)C(CC1CC1)c1ccc(-c2c(OC(F)F)ccc(Cl)c2F)cn1. The lowest BCUT2D eigenvalue weighted by Gasteiger charge is -2.14. The first-order valence-corrected chi connectivity index (χ1v) is 8.36. The molecule has 1 aliphatic carbocycles. The molecule has 1 aromatic heterocycles. The Morgan fingerprint density at radius 1 is 1.31 bits per heavy atom. The largest absolute Gasteiger partial charge is 0.481 e. The molecule has 26 heavy (non-hydrogen) atoms. The molecule has 2 aromatic rings. The maximum atomic E-state index is 14.4. The fourth-order valence-electron chi connectivity index (χ4n) is 2.79. The molecule has 0 spiro atoms. The molecule has 1 atom stereocenters. The van der Waals surface area contributed by atoms with Crippen LogP contribution in [0.2, 0.25) is 5.02 Å². The molecular weight excluding hydrogens is 371 g/mol. The predicted octanol–water partition coefficient (Wildman–Crippen LogP) is 5.11. The molecular formula is C18H15ClF3NO3. The summed E-state index contributed by atoms with van der Waals surface area (Å²) in [6.07, 6.45) is 3.74. The fraction of sp³-hybridized carbons (Fsp3) is 0.333. The van der Waals surface area contributed by atoms with E-state index >= 15 is 0 Å². The minimum absolute atomic E-state index is 0.167. The van der Waals surface area contributed by atoms with E-state index in [0.29, 0.717) is 18.0 Å². The Balaban J connectivity index is 1.95. The third-order valence-corrected chi connectivity index (χ3v) is 4.56. The number of carboxylic acids is 1. The smallest absolute Gasteiger partial charge is 0.387 e. The van der Waals surface area contributed by atoms with Crippen LogP contribution < -0.4 is 4.74 Å². The molecule has 1 aromatic carbocycles. The summed E-state index contributed by atoms with van der Waals surface area (Å²) >= 11 is 5.74. The van der Waals surface area contributed by atoms with Crippen LogP contribution in [0.25, 0.3) is 11.1 Å². The van der Waals surface area contributed by atoms with Crippen LogP contribution in [0, 0.1) is 11.7 Å². The van der Waals surface area contributed by atoms with Crippen molar-refractivity contribution in [3.63, 3.8) is 0 Å². The van der Waals surface area contributed by atoms with E-state index in [1.165, 1.54) is 18.3 Å². The van der Waals surface area contributed by atoms with Crippen LogP contribution in [0.3, 0.4) is 0 Å². The first-order valence-electron chi connectivity index (χ1n) is 7.98. The summed E-state index contributed by atoms with van der Waals surface area (Å²) in [6, 6.07) is 5.16. The summed E-state index contributed by atoms with van der Waals surface area (Å²) in [7, 11) is 0. The van der Waals surface area contributed by atoms with E-state index in [2.05, 4.69) is 9.72 Å². The maximum Gasteiger partial charge on any atom is 0.387 e. The highest BCUT2D eigenvalue weighted by Crippen LogP contribution is 2.40. The highest BCUT2D eigenvalue weighted by Gasteiger charge is 2.31. The number of carboxylic acid groups (broad SMARTS) is 1. The average Bonchev–Trinajstić information content (AvgIpc) is 3.40. The topological polar surface area (TPSA) is 59.4 Å². The molecule has 0 bridgehead atoms. The molecule has 1 unspecified atom stereocenters. The summed E-state index contributed by atoms with van der Waals surface area (Å²) in [5.74, 6) is -2.63. The Hall–Kier alpha value is -2.28. The second kappa shape index (κ2) is 7.53. The lowest BCUT2D eigenvalue weighted by atomic mass is 9.96. The molecule has 0 saturated heterocycles. The zero-order valence-corrected chi connectivity index (χ0v) is 14.2. The Morgan fingerprint density at radius 2 is 2.04 bits per heavy atom. The van der Waals surface area contributed by atoms with Gasteiger partial charge in [0.2, 0.25) is 0 Å². The number of benzene rings is 1. The van der Waals surface area contributed by atoms with Crippen LogP contribution in [0.1, 0.15) is 30.9 Å². The summed E-state index contributed by atoms with van der Waals surface area (Å²) in [6.45, 7) is -3.13. The van der Waals surface area contributed by atoms with Gasteiger partial charge in [-0.05, 0) is 30.5 Å². The number of ether oxygens (including phenoxy) is 1. The standard InChI is InChI=1S/C18H15ClF3NO3/c19-12-4-6-14(26-18(21)22)15(16(12)20)10-3-5-13(23-8-10)11(17(24)25)7-9-1-2-9/h3-6,8-9,11,18H,1-2,7H2,(H,24,25). The normalized spacial score (nSPS) is 15.1. The minimum Gasteiger partial charge on any atom is -0.481 e. The minimum atomic E-state index is -3.13. The van der Waals surface area contributed by atoms with Gasteiger partial charge in [0.1, 0.15) is 5.75 Å². The highest BCUT2D eigenvalue weighted by molar-refractivity contribution is 6.31. The molecule has 3 rings (SSSR count). The summed E-state index contributed by atoms with van der Waals surface area (Å²) in [4.78, 5) is 15.6. The van der Waals surface area contributed by atoms with Crippen LogP contribution in [0.5, 0.6) is 5.75 Å². The van der Waals surface area contributed by atoms with Crippen LogP contribution in [0.4, 0.5) is 13.2 Å². The number of rotatable bonds is 7. The number of carbonyl (C=O) groups is 1. The number of aliphatic carboxylic acids is 1. The van der Waals surface area contributed by atoms with Crippen molar-refractivity contribution < 1.29 is 27.8 Å². The quantitative estimate of drug-likeness (QED) is 0.719. The van der Waals surface area contributed by atoms with Crippen molar-refractivity contribution in [1.82, 2.24) is 4.98 Å². The van der Waals surface area contributed by atoms with Gasteiger partial charge in [-0.25, -0.2) is 4.39 Å². The van der Waals surface area contributed by atoms with Crippen LogP contribution in [0.15, 0.2) is 30.5 Å². The number of aromatic nitrogens is 1. The number of hydrogen-bond donors (Lipinski definition) is 1. The fourth-order valence-corrected chi connectivity index (χ4v) is 2.95. The molecule has 4 nitrogen and oxygen atoms in total. The zero-order chi connectivity index (χ0) is 18.8. The Morgan fingerprint density at radius 3 is 2.58 bits per heavy atom. The first-order chi connectivity index (χ1) is 12.4. The van der Waals surface area contributed by atoms with Gasteiger partial charge in [-0.15, -0.1) is 0 Å². The van der Waals surface area contributed by atoms with Gasteiger partial charge in [-0.2, -0.15) is 8.78 Å². The first kappa shape index (κ1) is 18.5. The van der Waals surface area contributed by atoms with Crippen molar-refractivity contribution in [3.05, 3.63) is 47.0 Å². The van der Waals surface area contributed by atoms with Gasteiger partial charge >= 0.3 is 12.6 Å². The highest BCUT2D eigenvalue weighted by atomic mass is 35.5. The molecule has 1 heterocycles. The lowest BCUT2D eigenvalue weighted by molar-refractivity contribution is -0.139. The van der Waals surface area contributed by atoms with Gasteiger partial charge in [0.15, 0.2) is 5.82 Å². The van der Waals surface area contributed by atoms with Crippen molar-refractivity contribution >= 4 is 17.6 Å². The van der Waals surface area contributed by atoms with Gasteiger partial charge in [-0.1, -0.05) is 30.5 Å². The van der Waals surface area contributed by atoms with Crippen molar-refractivity contribution in [2.24, 2.45) is 5.92 Å². The molecule has 0 radical (unpaired) electrons. The maximum absolute atomic E-state index is 14.4. The lowest BCUT2D eigenvalue weighted by Crippen LogP contribution is -2.14. The van der Waals surface area contributed by atoms with Gasteiger partial charge in [0.25, 0.3) is 0 Å². The summed E-state index contributed by atoms with van der Waals surface area (Å²) in [5.41, 5.74) is 0.262. The molecule has 1 aliphatic rings. The molecule has 0 aliphatic heterocycles. The molecule has 1 N–H and O–H groups in total. The molecule has 1 fully saturated rings. The van der Waals surface area contributed by atoms with E-state index in [-0.39, 0.29) is 21.9 Å². The van der Waals surface area contributed by atoms with Gasteiger partial charge in [0, 0.05) is 11.8 Å². The molecule has 0 amide bonds. The third-order valence-electron chi connectivity index (χ3n) is 4.27. The monoisotopic (exact) mass is 385 g/mol. The summed E-state index contributed by atoms with van der Waals surface area (Å²) in [5, 5.41) is 9.15. The van der Waals surface area contributed by atoms with Crippen LogP contribution in [-0.2, 0) is 4.79 Å². The van der Waals surface area contributed by atoms with Crippen molar-refractivity contribution in [2.45, 2.75) is 31.8 Å². The van der Waals surface area contributed by atoms with Crippen LogP contribution >= 0.6 is 11.6 Å². The average molecular weight is 386 g/mol. The molecule has 138 valence electrons. The zero-order valence-electron chi connectivity index (χ0n) is 13.5. The number of nitrogens with zero attached hydrogens (tertiary/aromatic N) is 1. The second-order valence-electron chi connectivity index (χ2n) is 6.15. The molecule has 8 heteroatoms. The van der Waals surface area contributed by atoms with Crippen molar-refractivity contribution in [2.75, 3.05) is 0 Å². The van der Waals surface area contributed by atoms with Crippen molar-refractivity contribution in [1.29, 1.82) is 0 Å². The van der Waals surface area contributed by atoms with E-state index in [4.69, 9.17) is 11.6 Å². The number of hydrogen-bond acceptors (Lipinski definition) is 3. The molecule has 1 saturated carbocycles. The van der Waals surface area contributed by atoms with Crippen LogP contribution in [-0.4, -0.2) is 22.7 Å². The van der Waals surface area contributed by atoms with E-state index in [0.717, 1.165) is 25.0 Å². The number of halogens is 4. The Labute approximate surface area is 152 Å². The van der Waals surface area contributed by atoms with E-state index < -0.39 is 24.3 Å². The van der Waals surface area contributed by atoms with Gasteiger partial charge in [0.05, 0.1) is 22.2 Å². The van der Waals surface area contributed by atoms with Gasteiger partial charge < -0.3 is 9.84 Å². The van der Waals surface area contributed by atoms with E-state index in [1.807, 2.05) is 0 Å². The number of alkyl halides is 2. The van der Waals surface area contributed by atoms with E-state index in [1.54, 1.807) is 0 Å². The number of pyridine rings is 1. The third kappa shape index (κ3) is 4.09. The van der Waals surface area contributed by atoms with E-state index in [9.17, 15) is 23.1 Å². The second-order valence-corrected chi connectivity index (χ2v) is 6.56. The summed E-state index contributed by atoms with van der Waals surface area (Å²) < 4.78 is 43.9. The Kier molecular flexibility index (Phi) is 5.36. The predicted molar refractivity (Wildman–Crippen MR) is 89.0 cm³/mol.